The summed E-state index contributed by atoms with van der Waals surface area (Å²) in [5.74, 6) is 0. The first kappa shape index (κ1) is 12.2. The molecule has 0 saturated carbocycles. The minimum atomic E-state index is 0.766. The zero-order chi connectivity index (χ0) is 12.7. The maximum Gasteiger partial charge on any atom is 0.0553 e. The zero-order valence-electron chi connectivity index (χ0n) is 9.78. The molecule has 2 aromatic rings. The van der Waals surface area contributed by atoms with Crippen LogP contribution < -0.4 is 4.90 Å². The van der Waals surface area contributed by atoms with Gasteiger partial charge in [-0.1, -0.05) is 35.0 Å². The van der Waals surface area contributed by atoms with E-state index in [0.717, 1.165) is 16.6 Å². The average molecular weight is 296 g/mol. The van der Waals surface area contributed by atoms with Gasteiger partial charge in [-0.3, -0.25) is 0 Å². The predicted molar refractivity (Wildman–Crippen MR) is 79.7 cm³/mol. The fourth-order valence-electron chi connectivity index (χ4n) is 2.17. The fourth-order valence-corrected chi connectivity index (χ4v) is 3.82. The number of fused-ring (bicyclic) bond motifs is 2. The van der Waals surface area contributed by atoms with Crippen molar-refractivity contribution in [1.82, 2.24) is 0 Å². The van der Waals surface area contributed by atoms with Gasteiger partial charge in [0.2, 0.25) is 0 Å². The lowest BCUT2D eigenvalue weighted by Gasteiger charge is -2.32. The van der Waals surface area contributed by atoms with E-state index in [2.05, 4.69) is 24.0 Å². The molecule has 92 valence electrons. The first-order valence-corrected chi connectivity index (χ1v) is 7.31. The second kappa shape index (κ2) is 4.69. The lowest BCUT2D eigenvalue weighted by atomic mass is 10.2. The highest BCUT2D eigenvalue weighted by atomic mass is 35.5. The third-order valence-corrected chi connectivity index (χ3v) is 4.53. The number of rotatable bonds is 1. The molecule has 0 saturated heterocycles. The molecule has 2 aromatic carbocycles. The van der Waals surface area contributed by atoms with E-state index >= 15 is 0 Å². The molecule has 0 N–H and O–H groups in total. The molecule has 1 aliphatic rings. The van der Waals surface area contributed by atoms with Crippen LogP contribution in [-0.4, -0.2) is 6.54 Å². The molecule has 0 aliphatic carbocycles. The van der Waals surface area contributed by atoms with Crippen molar-refractivity contribution in [3.8, 4) is 0 Å². The number of anilines is 2. The maximum absolute atomic E-state index is 6.07. The monoisotopic (exact) mass is 295 g/mol. The fraction of sp³-hybridized carbons (Fsp3) is 0.143. The summed E-state index contributed by atoms with van der Waals surface area (Å²) < 4.78 is 0. The van der Waals surface area contributed by atoms with Crippen LogP contribution in [0.2, 0.25) is 10.0 Å². The van der Waals surface area contributed by atoms with Crippen LogP contribution in [0.3, 0.4) is 0 Å². The summed E-state index contributed by atoms with van der Waals surface area (Å²) in [6.07, 6.45) is 0. The minimum absolute atomic E-state index is 0.766. The molecule has 0 bridgehead atoms. The molecule has 18 heavy (non-hydrogen) atoms. The largest absolute Gasteiger partial charge is 0.340 e. The summed E-state index contributed by atoms with van der Waals surface area (Å²) in [7, 11) is 0. The molecule has 0 radical (unpaired) electrons. The number of halogens is 2. The van der Waals surface area contributed by atoms with Crippen LogP contribution in [0.1, 0.15) is 6.92 Å². The Bertz CT molecular complexity index is 561. The molecule has 0 spiro atoms. The number of hydrogen-bond donors (Lipinski definition) is 0. The Morgan fingerprint density at radius 1 is 0.944 bits per heavy atom. The van der Waals surface area contributed by atoms with Gasteiger partial charge >= 0.3 is 0 Å². The highest BCUT2D eigenvalue weighted by Gasteiger charge is 2.22. The van der Waals surface area contributed by atoms with Gasteiger partial charge in [-0.2, -0.15) is 0 Å². The Morgan fingerprint density at radius 2 is 1.44 bits per heavy atom. The van der Waals surface area contributed by atoms with Crippen molar-refractivity contribution in [2.75, 3.05) is 11.4 Å². The van der Waals surface area contributed by atoms with Gasteiger partial charge in [0.15, 0.2) is 0 Å². The summed E-state index contributed by atoms with van der Waals surface area (Å²) >= 11 is 13.9. The van der Waals surface area contributed by atoms with Crippen molar-refractivity contribution < 1.29 is 0 Å². The van der Waals surface area contributed by atoms with Crippen molar-refractivity contribution in [2.45, 2.75) is 16.7 Å². The van der Waals surface area contributed by atoms with Crippen molar-refractivity contribution >= 4 is 46.3 Å². The van der Waals surface area contributed by atoms with E-state index in [1.165, 1.54) is 21.2 Å². The summed E-state index contributed by atoms with van der Waals surface area (Å²) in [5.41, 5.74) is 2.42. The Morgan fingerprint density at radius 3 is 1.89 bits per heavy atom. The molecule has 0 amide bonds. The Hall–Kier alpha value is -0.830. The van der Waals surface area contributed by atoms with Crippen LogP contribution in [0.5, 0.6) is 0 Å². The SMILES string of the molecule is CCN1c2ccc(Cl)cc2Sc2cc(Cl)ccc21. The third kappa shape index (κ3) is 1.99. The van der Waals surface area contributed by atoms with Gasteiger partial charge in [0.1, 0.15) is 0 Å². The van der Waals surface area contributed by atoms with Gasteiger partial charge in [-0.15, -0.1) is 0 Å². The highest BCUT2D eigenvalue weighted by molar-refractivity contribution is 7.99. The van der Waals surface area contributed by atoms with E-state index in [9.17, 15) is 0 Å². The van der Waals surface area contributed by atoms with E-state index in [1.54, 1.807) is 11.8 Å². The van der Waals surface area contributed by atoms with E-state index < -0.39 is 0 Å². The van der Waals surface area contributed by atoms with Crippen molar-refractivity contribution in [3.05, 3.63) is 46.4 Å². The van der Waals surface area contributed by atoms with Gasteiger partial charge in [0.05, 0.1) is 11.4 Å². The van der Waals surface area contributed by atoms with Crippen LogP contribution in [0.25, 0.3) is 0 Å². The standard InChI is InChI=1S/C14H11Cl2NS/c1-2-17-11-5-3-9(15)7-13(11)18-14-8-10(16)4-6-12(14)17/h3-8H,2H2,1H3. The van der Waals surface area contributed by atoms with Gasteiger partial charge in [0.25, 0.3) is 0 Å². The third-order valence-electron chi connectivity index (χ3n) is 2.96. The molecule has 1 aliphatic heterocycles. The lowest BCUT2D eigenvalue weighted by molar-refractivity contribution is 0.979. The maximum atomic E-state index is 6.07. The summed E-state index contributed by atoms with van der Waals surface area (Å²) in [6.45, 7) is 3.07. The average Bonchev–Trinajstić information content (AvgIpc) is 2.35. The molecule has 0 aromatic heterocycles. The van der Waals surface area contributed by atoms with Gasteiger partial charge in [-0.25, -0.2) is 0 Å². The normalized spacial score (nSPS) is 13.2. The van der Waals surface area contributed by atoms with Gasteiger partial charge in [-0.05, 0) is 43.3 Å². The Kier molecular flexibility index (Phi) is 3.18. The molecule has 4 heteroatoms. The van der Waals surface area contributed by atoms with Crippen LogP contribution in [-0.2, 0) is 0 Å². The van der Waals surface area contributed by atoms with E-state index in [4.69, 9.17) is 23.2 Å². The van der Waals surface area contributed by atoms with E-state index in [0.29, 0.717) is 0 Å². The van der Waals surface area contributed by atoms with Crippen LogP contribution in [0.15, 0.2) is 46.2 Å². The first-order valence-electron chi connectivity index (χ1n) is 5.73. The number of benzene rings is 2. The lowest BCUT2D eigenvalue weighted by Crippen LogP contribution is -2.19. The molecule has 1 nitrogen and oxygen atoms in total. The molecular formula is C14H11Cl2NS. The second-order valence-electron chi connectivity index (χ2n) is 4.07. The van der Waals surface area contributed by atoms with Crippen molar-refractivity contribution in [2.24, 2.45) is 0 Å². The smallest absolute Gasteiger partial charge is 0.0553 e. The minimum Gasteiger partial charge on any atom is -0.340 e. The topological polar surface area (TPSA) is 3.24 Å². The number of hydrogen-bond acceptors (Lipinski definition) is 2. The summed E-state index contributed by atoms with van der Waals surface area (Å²) in [4.78, 5) is 4.65. The molecular weight excluding hydrogens is 285 g/mol. The van der Waals surface area contributed by atoms with Crippen LogP contribution in [0.4, 0.5) is 11.4 Å². The molecule has 0 atom stereocenters. The Labute approximate surface area is 121 Å². The highest BCUT2D eigenvalue weighted by Crippen LogP contribution is 2.49. The number of nitrogens with zero attached hydrogens (tertiary/aromatic N) is 1. The molecule has 0 fully saturated rings. The van der Waals surface area contributed by atoms with Crippen molar-refractivity contribution in [1.29, 1.82) is 0 Å². The van der Waals surface area contributed by atoms with Crippen LogP contribution in [0, 0.1) is 0 Å². The summed E-state index contributed by atoms with van der Waals surface area (Å²) in [5, 5.41) is 1.53. The van der Waals surface area contributed by atoms with Gasteiger partial charge in [0, 0.05) is 26.4 Å². The molecule has 0 unspecified atom stereocenters. The first-order chi connectivity index (χ1) is 8.69. The summed E-state index contributed by atoms with van der Waals surface area (Å²) in [6, 6.07) is 12.0. The molecule has 3 rings (SSSR count). The zero-order valence-corrected chi connectivity index (χ0v) is 12.1. The van der Waals surface area contributed by atoms with E-state index in [-0.39, 0.29) is 0 Å². The quantitative estimate of drug-likeness (QED) is 0.672. The predicted octanol–water partition coefficient (Wildman–Crippen LogP) is 5.62. The molecule has 1 heterocycles. The van der Waals surface area contributed by atoms with Crippen LogP contribution >= 0.6 is 35.0 Å². The second-order valence-corrected chi connectivity index (χ2v) is 6.03. The van der Waals surface area contributed by atoms with Gasteiger partial charge < -0.3 is 4.90 Å². The van der Waals surface area contributed by atoms with E-state index in [1.807, 2.05) is 24.3 Å². The Balaban J connectivity index is 2.18. The van der Waals surface area contributed by atoms with Crippen molar-refractivity contribution in [3.63, 3.8) is 0 Å².